The summed E-state index contributed by atoms with van der Waals surface area (Å²) in [4.78, 5) is 21.7. The molecule has 0 radical (unpaired) electrons. The summed E-state index contributed by atoms with van der Waals surface area (Å²) in [7, 11) is 2.96. The number of nitrogens with one attached hydrogen (secondary N) is 2. The molecular weight excluding hydrogens is 184 g/mol. The van der Waals surface area contributed by atoms with Gasteiger partial charge < -0.3 is 15.4 Å². The molecule has 0 saturated heterocycles. The molecule has 0 aromatic carbocycles. The molecule has 5 nitrogen and oxygen atoms in total. The summed E-state index contributed by atoms with van der Waals surface area (Å²) in [5.41, 5.74) is 0. The van der Waals surface area contributed by atoms with E-state index < -0.39 is 0 Å². The van der Waals surface area contributed by atoms with Gasteiger partial charge in [0.1, 0.15) is 0 Å². The van der Waals surface area contributed by atoms with E-state index in [9.17, 15) is 9.59 Å². The third-order valence-corrected chi connectivity index (χ3v) is 1.88. The summed E-state index contributed by atoms with van der Waals surface area (Å²) >= 11 is 0. The maximum Gasteiger partial charge on any atom is 0.305 e. The number of carbonyl (C=O) groups is 2. The number of methoxy groups -OCH3 is 1. The van der Waals surface area contributed by atoms with Gasteiger partial charge >= 0.3 is 5.97 Å². The number of carbonyl (C=O) groups excluding carboxylic acids is 2. The number of hydrogen-bond acceptors (Lipinski definition) is 4. The van der Waals surface area contributed by atoms with Crippen LogP contribution < -0.4 is 10.6 Å². The van der Waals surface area contributed by atoms with Crippen molar-refractivity contribution in [3.05, 3.63) is 0 Å². The zero-order chi connectivity index (χ0) is 11.0. The van der Waals surface area contributed by atoms with Gasteiger partial charge in [-0.3, -0.25) is 9.59 Å². The number of rotatable bonds is 6. The number of esters is 1. The molecule has 0 aliphatic rings. The quantitative estimate of drug-likeness (QED) is 0.457. The van der Waals surface area contributed by atoms with Crippen LogP contribution in [-0.4, -0.2) is 38.6 Å². The van der Waals surface area contributed by atoms with Crippen LogP contribution in [0.15, 0.2) is 0 Å². The van der Waals surface area contributed by atoms with Crippen LogP contribution in [0.4, 0.5) is 0 Å². The SMILES string of the molecule is CNC(=O)C(C)NCCCC(=O)OC. The predicted molar refractivity (Wildman–Crippen MR) is 52.8 cm³/mol. The first-order valence-electron chi connectivity index (χ1n) is 4.63. The number of hydrogen-bond donors (Lipinski definition) is 2. The summed E-state index contributed by atoms with van der Waals surface area (Å²) in [6, 6.07) is -0.224. The first-order valence-corrected chi connectivity index (χ1v) is 4.63. The third kappa shape index (κ3) is 5.53. The molecule has 0 spiro atoms. The maximum atomic E-state index is 11.0. The average Bonchev–Trinajstić information content (AvgIpc) is 2.22. The molecule has 2 N–H and O–H groups in total. The lowest BCUT2D eigenvalue weighted by molar-refractivity contribution is -0.140. The van der Waals surface area contributed by atoms with E-state index in [0.29, 0.717) is 19.4 Å². The Kier molecular flexibility index (Phi) is 6.74. The van der Waals surface area contributed by atoms with Gasteiger partial charge in [-0.15, -0.1) is 0 Å². The van der Waals surface area contributed by atoms with Crippen molar-refractivity contribution >= 4 is 11.9 Å². The molecule has 0 bridgehead atoms. The van der Waals surface area contributed by atoms with Crippen LogP contribution in [-0.2, 0) is 14.3 Å². The summed E-state index contributed by atoms with van der Waals surface area (Å²) in [6.07, 6.45) is 1.05. The van der Waals surface area contributed by atoms with Crippen molar-refractivity contribution in [2.24, 2.45) is 0 Å². The lowest BCUT2D eigenvalue weighted by atomic mass is 10.2. The number of ether oxygens (including phenoxy) is 1. The van der Waals surface area contributed by atoms with E-state index >= 15 is 0 Å². The molecule has 0 aliphatic heterocycles. The van der Waals surface area contributed by atoms with E-state index in [1.807, 2.05) is 0 Å². The minimum absolute atomic E-state index is 0.0527. The summed E-state index contributed by atoms with van der Waals surface area (Å²) in [6.45, 7) is 2.40. The molecule has 0 rings (SSSR count). The Balaban J connectivity index is 3.45. The van der Waals surface area contributed by atoms with Crippen molar-refractivity contribution in [1.29, 1.82) is 0 Å². The smallest absolute Gasteiger partial charge is 0.305 e. The Bertz CT molecular complexity index is 194. The van der Waals surface area contributed by atoms with Crippen LogP contribution in [0.2, 0.25) is 0 Å². The molecule has 14 heavy (non-hydrogen) atoms. The molecule has 5 heteroatoms. The van der Waals surface area contributed by atoms with Gasteiger partial charge in [0, 0.05) is 13.5 Å². The molecule has 0 saturated carbocycles. The molecule has 1 atom stereocenters. The summed E-state index contributed by atoms with van der Waals surface area (Å²) in [5, 5.41) is 5.53. The van der Waals surface area contributed by atoms with Crippen molar-refractivity contribution < 1.29 is 14.3 Å². The molecule has 0 aliphatic carbocycles. The second kappa shape index (κ2) is 7.32. The van der Waals surface area contributed by atoms with Gasteiger partial charge in [-0.1, -0.05) is 0 Å². The van der Waals surface area contributed by atoms with Crippen LogP contribution in [0, 0.1) is 0 Å². The van der Waals surface area contributed by atoms with Crippen LogP contribution in [0.5, 0.6) is 0 Å². The van der Waals surface area contributed by atoms with Crippen LogP contribution in [0.3, 0.4) is 0 Å². The minimum Gasteiger partial charge on any atom is -0.469 e. The highest BCUT2D eigenvalue weighted by atomic mass is 16.5. The maximum absolute atomic E-state index is 11.0. The lowest BCUT2D eigenvalue weighted by Gasteiger charge is -2.11. The van der Waals surface area contributed by atoms with Crippen molar-refractivity contribution in [2.75, 3.05) is 20.7 Å². The van der Waals surface area contributed by atoms with Crippen molar-refractivity contribution in [3.8, 4) is 0 Å². The fourth-order valence-electron chi connectivity index (χ4n) is 0.963. The topological polar surface area (TPSA) is 67.4 Å². The molecule has 82 valence electrons. The molecule has 0 fully saturated rings. The van der Waals surface area contributed by atoms with E-state index in [2.05, 4.69) is 15.4 Å². The monoisotopic (exact) mass is 202 g/mol. The molecule has 0 aromatic rings. The summed E-state index contributed by atoms with van der Waals surface area (Å²) < 4.78 is 4.48. The standard InChI is InChI=1S/C9H18N2O3/c1-7(9(13)10-2)11-6-4-5-8(12)14-3/h7,11H,4-6H2,1-3H3,(H,10,13). The van der Waals surface area contributed by atoms with Gasteiger partial charge in [-0.05, 0) is 19.9 Å². The van der Waals surface area contributed by atoms with Crippen molar-refractivity contribution in [3.63, 3.8) is 0 Å². The molecule has 0 heterocycles. The Morgan fingerprint density at radius 1 is 1.43 bits per heavy atom. The van der Waals surface area contributed by atoms with Gasteiger partial charge in [-0.25, -0.2) is 0 Å². The fraction of sp³-hybridized carbons (Fsp3) is 0.778. The molecule has 0 aromatic heterocycles. The Morgan fingerprint density at radius 2 is 2.07 bits per heavy atom. The first-order chi connectivity index (χ1) is 6.61. The van der Waals surface area contributed by atoms with Gasteiger partial charge in [0.15, 0.2) is 0 Å². The van der Waals surface area contributed by atoms with Gasteiger partial charge in [0.25, 0.3) is 0 Å². The third-order valence-electron chi connectivity index (χ3n) is 1.88. The second-order valence-electron chi connectivity index (χ2n) is 2.97. The highest BCUT2D eigenvalue weighted by Gasteiger charge is 2.09. The first kappa shape index (κ1) is 12.9. The minimum atomic E-state index is -0.224. The van der Waals surface area contributed by atoms with Gasteiger partial charge in [-0.2, -0.15) is 0 Å². The van der Waals surface area contributed by atoms with E-state index in [-0.39, 0.29) is 17.9 Å². The Hall–Kier alpha value is -1.10. The zero-order valence-electron chi connectivity index (χ0n) is 8.92. The second-order valence-corrected chi connectivity index (χ2v) is 2.97. The number of likely N-dealkylation sites (N-methyl/N-ethyl adjacent to an activating group) is 1. The Labute approximate surface area is 84.2 Å². The Morgan fingerprint density at radius 3 is 2.57 bits per heavy atom. The van der Waals surface area contributed by atoms with E-state index in [1.54, 1.807) is 14.0 Å². The largest absolute Gasteiger partial charge is 0.469 e. The predicted octanol–water partition coefficient (Wildman–Crippen LogP) is -0.336. The molecule has 1 amide bonds. The van der Waals surface area contributed by atoms with Crippen LogP contribution in [0.25, 0.3) is 0 Å². The van der Waals surface area contributed by atoms with Gasteiger partial charge in [0.2, 0.25) is 5.91 Å². The lowest BCUT2D eigenvalue weighted by Crippen LogP contribution is -2.41. The van der Waals surface area contributed by atoms with E-state index in [4.69, 9.17) is 0 Å². The van der Waals surface area contributed by atoms with E-state index in [0.717, 1.165) is 0 Å². The summed E-state index contributed by atoms with van der Waals surface area (Å²) in [5.74, 6) is -0.275. The fourth-order valence-corrected chi connectivity index (χ4v) is 0.963. The normalized spacial score (nSPS) is 11.9. The van der Waals surface area contributed by atoms with Gasteiger partial charge in [0.05, 0.1) is 13.2 Å². The average molecular weight is 202 g/mol. The molecular formula is C9H18N2O3. The van der Waals surface area contributed by atoms with Crippen LogP contribution in [0.1, 0.15) is 19.8 Å². The highest BCUT2D eigenvalue weighted by Crippen LogP contribution is 1.91. The van der Waals surface area contributed by atoms with Crippen LogP contribution >= 0.6 is 0 Å². The zero-order valence-corrected chi connectivity index (χ0v) is 8.92. The van der Waals surface area contributed by atoms with Crippen molar-refractivity contribution in [1.82, 2.24) is 10.6 Å². The highest BCUT2D eigenvalue weighted by molar-refractivity contribution is 5.80. The molecule has 1 unspecified atom stereocenters. The van der Waals surface area contributed by atoms with Crippen molar-refractivity contribution in [2.45, 2.75) is 25.8 Å². The van der Waals surface area contributed by atoms with E-state index in [1.165, 1.54) is 7.11 Å². The number of amides is 1.